The van der Waals surface area contributed by atoms with Crippen LogP contribution in [-0.4, -0.2) is 21.9 Å². The summed E-state index contributed by atoms with van der Waals surface area (Å²) in [5.41, 5.74) is 1.39. The van der Waals surface area contributed by atoms with Crippen molar-refractivity contribution < 1.29 is 9.53 Å². The first-order valence-electron chi connectivity index (χ1n) is 6.61. The maximum Gasteiger partial charge on any atom is 0.270 e. The summed E-state index contributed by atoms with van der Waals surface area (Å²) >= 11 is 0. The number of nitrogens with one attached hydrogen (secondary N) is 1. The van der Waals surface area contributed by atoms with E-state index >= 15 is 0 Å². The monoisotopic (exact) mass is 269 g/mol. The van der Waals surface area contributed by atoms with E-state index in [2.05, 4.69) is 15.3 Å². The maximum atomic E-state index is 11.9. The molecule has 5 nitrogen and oxygen atoms in total. The van der Waals surface area contributed by atoms with E-state index in [1.165, 1.54) is 6.33 Å². The van der Waals surface area contributed by atoms with Crippen molar-refractivity contribution in [3.63, 3.8) is 0 Å². The normalized spacial score (nSPS) is 13.8. The summed E-state index contributed by atoms with van der Waals surface area (Å²) in [5.74, 6) is 0.240. The van der Waals surface area contributed by atoms with Gasteiger partial charge in [0.1, 0.15) is 18.6 Å². The van der Waals surface area contributed by atoms with Crippen molar-refractivity contribution in [2.24, 2.45) is 0 Å². The zero-order valence-corrected chi connectivity index (χ0v) is 11.0. The molecular formula is C15H15N3O2. The van der Waals surface area contributed by atoms with E-state index in [0.717, 1.165) is 18.4 Å². The highest BCUT2D eigenvalue weighted by molar-refractivity contribution is 5.92. The van der Waals surface area contributed by atoms with Gasteiger partial charge in [-0.25, -0.2) is 9.97 Å². The van der Waals surface area contributed by atoms with Crippen molar-refractivity contribution in [1.82, 2.24) is 15.3 Å². The molecule has 1 aliphatic rings. The molecule has 3 rings (SSSR count). The number of hydrogen-bond acceptors (Lipinski definition) is 4. The van der Waals surface area contributed by atoms with Crippen LogP contribution in [-0.2, 0) is 6.61 Å². The van der Waals surface area contributed by atoms with Crippen LogP contribution in [0.2, 0.25) is 0 Å². The first-order chi connectivity index (χ1) is 9.81. The van der Waals surface area contributed by atoms with Gasteiger partial charge in [-0.2, -0.15) is 0 Å². The lowest BCUT2D eigenvalue weighted by atomic mass is 10.2. The number of carbonyl (C=O) groups excluding carboxylic acids is 1. The van der Waals surface area contributed by atoms with Crippen LogP contribution < -0.4 is 10.1 Å². The van der Waals surface area contributed by atoms with Gasteiger partial charge in [0.25, 0.3) is 5.91 Å². The van der Waals surface area contributed by atoms with Gasteiger partial charge < -0.3 is 10.1 Å². The van der Waals surface area contributed by atoms with Gasteiger partial charge in [-0.15, -0.1) is 0 Å². The van der Waals surface area contributed by atoms with Gasteiger partial charge in [0.05, 0.1) is 0 Å². The molecule has 0 aliphatic heterocycles. The van der Waals surface area contributed by atoms with Crippen molar-refractivity contribution in [3.05, 3.63) is 54.0 Å². The van der Waals surface area contributed by atoms with E-state index in [1.54, 1.807) is 6.07 Å². The van der Waals surface area contributed by atoms with E-state index in [-0.39, 0.29) is 5.91 Å². The Kier molecular flexibility index (Phi) is 3.58. The molecule has 0 atom stereocenters. The van der Waals surface area contributed by atoms with Crippen molar-refractivity contribution >= 4 is 5.91 Å². The SMILES string of the molecule is O=C(NC1CC1)c1cc(OCc2ccccc2)ncn1. The summed E-state index contributed by atoms with van der Waals surface area (Å²) in [6.07, 6.45) is 3.45. The molecule has 1 aromatic carbocycles. The number of benzene rings is 1. The minimum Gasteiger partial charge on any atom is -0.473 e. The third-order valence-corrected chi connectivity index (χ3v) is 3.02. The highest BCUT2D eigenvalue weighted by Gasteiger charge is 2.24. The van der Waals surface area contributed by atoms with Crippen LogP contribution in [0.1, 0.15) is 28.9 Å². The second-order valence-corrected chi connectivity index (χ2v) is 4.76. The number of rotatable bonds is 5. The molecule has 1 aromatic heterocycles. The largest absolute Gasteiger partial charge is 0.473 e. The first-order valence-corrected chi connectivity index (χ1v) is 6.61. The number of amides is 1. The van der Waals surface area contributed by atoms with Crippen LogP contribution in [0.4, 0.5) is 0 Å². The molecule has 2 aromatic rings. The molecule has 0 radical (unpaired) electrons. The lowest BCUT2D eigenvalue weighted by Gasteiger charge is -2.06. The highest BCUT2D eigenvalue weighted by Crippen LogP contribution is 2.19. The molecule has 1 aliphatic carbocycles. The minimum absolute atomic E-state index is 0.167. The van der Waals surface area contributed by atoms with Gasteiger partial charge in [0.15, 0.2) is 0 Å². The second-order valence-electron chi connectivity index (χ2n) is 4.76. The first kappa shape index (κ1) is 12.6. The fourth-order valence-corrected chi connectivity index (χ4v) is 1.76. The van der Waals surface area contributed by atoms with E-state index in [4.69, 9.17) is 4.74 Å². The Labute approximate surface area is 117 Å². The van der Waals surface area contributed by atoms with Crippen molar-refractivity contribution in [2.45, 2.75) is 25.5 Å². The Balaban J connectivity index is 1.63. The molecule has 1 fully saturated rings. The number of nitrogens with zero attached hydrogens (tertiary/aromatic N) is 2. The van der Waals surface area contributed by atoms with Gasteiger partial charge in [-0.05, 0) is 18.4 Å². The molecule has 1 N–H and O–H groups in total. The lowest BCUT2D eigenvalue weighted by Crippen LogP contribution is -2.26. The van der Waals surface area contributed by atoms with Gasteiger partial charge in [-0.1, -0.05) is 30.3 Å². The minimum atomic E-state index is -0.167. The molecule has 20 heavy (non-hydrogen) atoms. The van der Waals surface area contributed by atoms with Gasteiger partial charge in [-0.3, -0.25) is 4.79 Å². The molecule has 5 heteroatoms. The van der Waals surface area contributed by atoms with Gasteiger partial charge >= 0.3 is 0 Å². The summed E-state index contributed by atoms with van der Waals surface area (Å²) in [6.45, 7) is 0.418. The molecule has 1 heterocycles. The van der Waals surface area contributed by atoms with Crippen LogP contribution in [0, 0.1) is 0 Å². The zero-order valence-electron chi connectivity index (χ0n) is 11.0. The van der Waals surface area contributed by atoms with Crippen molar-refractivity contribution in [2.75, 3.05) is 0 Å². The Morgan fingerprint density at radius 3 is 2.80 bits per heavy atom. The lowest BCUT2D eigenvalue weighted by molar-refractivity contribution is 0.0945. The second kappa shape index (κ2) is 5.69. The summed E-state index contributed by atoms with van der Waals surface area (Å²) < 4.78 is 5.57. The van der Waals surface area contributed by atoms with Crippen molar-refractivity contribution in [3.8, 4) is 5.88 Å². The molecule has 0 bridgehead atoms. The average molecular weight is 269 g/mol. The Hall–Kier alpha value is -2.43. The van der Waals surface area contributed by atoms with Crippen LogP contribution in [0.25, 0.3) is 0 Å². The average Bonchev–Trinajstić information content (AvgIpc) is 3.30. The predicted molar refractivity (Wildman–Crippen MR) is 73.3 cm³/mol. The highest BCUT2D eigenvalue weighted by atomic mass is 16.5. The predicted octanol–water partition coefficient (Wildman–Crippen LogP) is 1.95. The topological polar surface area (TPSA) is 64.1 Å². The molecule has 1 saturated carbocycles. The van der Waals surface area contributed by atoms with E-state index in [0.29, 0.717) is 24.2 Å². The van der Waals surface area contributed by atoms with Crippen molar-refractivity contribution in [1.29, 1.82) is 0 Å². The van der Waals surface area contributed by atoms with E-state index < -0.39 is 0 Å². The van der Waals surface area contributed by atoms with E-state index in [1.807, 2.05) is 30.3 Å². The third-order valence-electron chi connectivity index (χ3n) is 3.02. The molecule has 0 unspecified atom stereocenters. The standard InChI is InChI=1S/C15H15N3O2/c19-15(18-12-6-7-12)13-8-14(17-10-16-13)20-9-11-4-2-1-3-5-11/h1-5,8,10,12H,6-7,9H2,(H,18,19). The smallest absolute Gasteiger partial charge is 0.270 e. The summed E-state index contributed by atoms with van der Waals surface area (Å²) in [6, 6.07) is 11.7. The summed E-state index contributed by atoms with van der Waals surface area (Å²) in [7, 11) is 0. The molecular weight excluding hydrogens is 254 g/mol. The van der Waals surface area contributed by atoms with E-state index in [9.17, 15) is 4.79 Å². The molecule has 1 amide bonds. The zero-order chi connectivity index (χ0) is 13.8. The van der Waals surface area contributed by atoms with Crippen LogP contribution in [0.3, 0.4) is 0 Å². The fourth-order valence-electron chi connectivity index (χ4n) is 1.76. The quantitative estimate of drug-likeness (QED) is 0.901. The fraction of sp³-hybridized carbons (Fsp3) is 0.267. The maximum absolute atomic E-state index is 11.9. The Morgan fingerprint density at radius 1 is 1.25 bits per heavy atom. The van der Waals surface area contributed by atoms with Crippen LogP contribution >= 0.6 is 0 Å². The number of aromatic nitrogens is 2. The molecule has 102 valence electrons. The van der Waals surface area contributed by atoms with Crippen LogP contribution in [0.15, 0.2) is 42.7 Å². The summed E-state index contributed by atoms with van der Waals surface area (Å²) in [5, 5.41) is 2.89. The Morgan fingerprint density at radius 2 is 2.05 bits per heavy atom. The number of ether oxygens (including phenoxy) is 1. The number of hydrogen-bond donors (Lipinski definition) is 1. The van der Waals surface area contributed by atoms with Crippen LogP contribution in [0.5, 0.6) is 5.88 Å². The number of carbonyl (C=O) groups is 1. The van der Waals surface area contributed by atoms with Gasteiger partial charge in [0, 0.05) is 12.1 Å². The summed E-state index contributed by atoms with van der Waals surface area (Å²) in [4.78, 5) is 19.9. The Bertz CT molecular complexity index is 597. The molecule has 0 spiro atoms. The van der Waals surface area contributed by atoms with Gasteiger partial charge in [0.2, 0.25) is 5.88 Å². The third kappa shape index (κ3) is 3.32. The molecule has 0 saturated heterocycles.